The highest BCUT2D eigenvalue weighted by Crippen LogP contribution is 2.23. The summed E-state index contributed by atoms with van der Waals surface area (Å²) in [6.45, 7) is 4.77. The van der Waals surface area contributed by atoms with Gasteiger partial charge in [0.1, 0.15) is 24.4 Å². The number of hydrogen-bond donors (Lipinski definition) is 3. The minimum absolute atomic E-state index is 0.0385. The fraction of sp³-hybridized carbons (Fsp3) is 0.500. The second kappa shape index (κ2) is 8.37. The summed E-state index contributed by atoms with van der Waals surface area (Å²) in [5.41, 5.74) is 0.893. The number of benzene rings is 1. The van der Waals surface area contributed by atoms with Crippen LogP contribution in [0, 0.1) is 6.92 Å². The van der Waals surface area contributed by atoms with Crippen molar-refractivity contribution in [1.82, 2.24) is 0 Å². The van der Waals surface area contributed by atoms with E-state index in [2.05, 4.69) is 6.58 Å². The average Bonchev–Trinajstić information content (AvgIpc) is 2.58. The molecule has 0 bridgehead atoms. The molecule has 1 saturated heterocycles. The molecule has 25 heavy (non-hydrogen) atoms. The molecule has 1 aromatic carbocycles. The molecule has 3 N–H and O–H groups in total. The minimum Gasteiger partial charge on any atom is -0.387 e. The van der Waals surface area contributed by atoms with Crippen molar-refractivity contribution in [3.05, 3.63) is 42.5 Å². The van der Waals surface area contributed by atoms with Crippen molar-refractivity contribution in [2.24, 2.45) is 0 Å². The summed E-state index contributed by atoms with van der Waals surface area (Å²) >= 11 is 0. The molecule has 5 atom stereocenters. The van der Waals surface area contributed by atoms with Crippen molar-refractivity contribution in [1.29, 1.82) is 0 Å². The van der Waals surface area contributed by atoms with Gasteiger partial charge in [0.2, 0.25) is 0 Å². The maximum atomic E-state index is 12.2. The Hall–Kier alpha value is -1.33. The first-order valence-corrected chi connectivity index (χ1v) is 9.05. The maximum Gasteiger partial charge on any atom is 0.297 e. The lowest BCUT2D eigenvalue weighted by molar-refractivity contribution is -0.297. The number of aliphatic hydroxyl groups excluding tert-OH is 3. The van der Waals surface area contributed by atoms with Gasteiger partial charge in [-0.25, -0.2) is 0 Å². The van der Waals surface area contributed by atoms with E-state index < -0.39 is 47.4 Å². The van der Waals surface area contributed by atoms with Crippen LogP contribution in [-0.4, -0.2) is 67.7 Å². The van der Waals surface area contributed by atoms with Crippen LogP contribution in [0.2, 0.25) is 0 Å². The van der Waals surface area contributed by atoms with Crippen molar-refractivity contribution in [2.45, 2.75) is 42.5 Å². The Labute approximate surface area is 146 Å². The Balaban J connectivity index is 2.04. The Morgan fingerprint density at radius 3 is 2.40 bits per heavy atom. The van der Waals surface area contributed by atoms with Gasteiger partial charge in [-0.2, -0.15) is 8.42 Å². The molecule has 1 aliphatic heterocycles. The molecule has 0 amide bonds. The van der Waals surface area contributed by atoms with Gasteiger partial charge in [0.05, 0.1) is 18.1 Å². The fourth-order valence-corrected chi connectivity index (χ4v) is 3.20. The van der Waals surface area contributed by atoms with E-state index in [1.54, 1.807) is 12.1 Å². The Bertz CT molecular complexity index is 672. The molecular weight excluding hydrogens is 352 g/mol. The van der Waals surface area contributed by atoms with Crippen LogP contribution in [0.4, 0.5) is 0 Å². The third-order valence-corrected chi connectivity index (χ3v) is 5.04. The molecule has 1 fully saturated rings. The van der Waals surface area contributed by atoms with E-state index in [9.17, 15) is 23.7 Å². The lowest BCUT2D eigenvalue weighted by Gasteiger charge is -2.39. The summed E-state index contributed by atoms with van der Waals surface area (Å²) in [6.07, 6.45) is -5.62. The highest BCUT2D eigenvalue weighted by atomic mass is 32.2. The number of aryl methyl sites for hydroxylation is 1. The van der Waals surface area contributed by atoms with E-state index in [0.29, 0.717) is 0 Å². The van der Waals surface area contributed by atoms with Crippen LogP contribution in [0.25, 0.3) is 0 Å². The van der Waals surface area contributed by atoms with Gasteiger partial charge >= 0.3 is 0 Å². The van der Waals surface area contributed by atoms with E-state index in [1.807, 2.05) is 6.92 Å². The van der Waals surface area contributed by atoms with Crippen LogP contribution in [0.5, 0.6) is 0 Å². The van der Waals surface area contributed by atoms with Crippen molar-refractivity contribution in [3.63, 3.8) is 0 Å². The second-order valence-electron chi connectivity index (χ2n) is 5.69. The zero-order valence-corrected chi connectivity index (χ0v) is 14.5. The molecule has 1 aliphatic rings. The summed E-state index contributed by atoms with van der Waals surface area (Å²) in [7, 11) is -4.06. The highest BCUT2D eigenvalue weighted by Gasteiger charge is 2.44. The molecule has 140 valence electrons. The van der Waals surface area contributed by atoms with Gasteiger partial charge in [-0.3, -0.25) is 4.18 Å². The van der Waals surface area contributed by atoms with Gasteiger partial charge in [-0.1, -0.05) is 23.8 Å². The highest BCUT2D eigenvalue weighted by molar-refractivity contribution is 7.86. The largest absolute Gasteiger partial charge is 0.387 e. The van der Waals surface area contributed by atoms with Gasteiger partial charge in [0.25, 0.3) is 10.1 Å². The molecule has 1 heterocycles. The van der Waals surface area contributed by atoms with Crippen molar-refractivity contribution >= 4 is 10.1 Å². The summed E-state index contributed by atoms with van der Waals surface area (Å²) < 4.78 is 39.7. The van der Waals surface area contributed by atoms with Gasteiger partial charge < -0.3 is 24.8 Å². The predicted molar refractivity (Wildman–Crippen MR) is 87.1 cm³/mol. The zero-order chi connectivity index (χ0) is 18.6. The van der Waals surface area contributed by atoms with Crippen LogP contribution >= 0.6 is 0 Å². The molecule has 8 nitrogen and oxygen atoms in total. The first-order chi connectivity index (χ1) is 11.8. The number of rotatable bonds is 7. The van der Waals surface area contributed by atoms with Gasteiger partial charge in [-0.15, -0.1) is 6.58 Å². The molecule has 2 rings (SSSR count). The number of ether oxygens (including phenoxy) is 2. The Kier molecular flexibility index (Phi) is 6.69. The first-order valence-electron chi connectivity index (χ1n) is 7.64. The molecule has 0 aromatic heterocycles. The van der Waals surface area contributed by atoms with Crippen LogP contribution < -0.4 is 0 Å². The SMILES string of the molecule is C=CCOC1OC(COS(=O)(=O)c2ccc(C)cc2)C(O)C(O)C1O. The van der Waals surface area contributed by atoms with E-state index >= 15 is 0 Å². The van der Waals surface area contributed by atoms with Gasteiger partial charge in [-0.05, 0) is 19.1 Å². The van der Waals surface area contributed by atoms with Crippen molar-refractivity contribution in [2.75, 3.05) is 13.2 Å². The summed E-state index contributed by atoms with van der Waals surface area (Å²) in [5, 5.41) is 29.7. The topological polar surface area (TPSA) is 123 Å². The predicted octanol–water partition coefficient (Wildman–Crippen LogP) is -0.289. The third-order valence-electron chi connectivity index (χ3n) is 3.74. The quantitative estimate of drug-likeness (QED) is 0.440. The van der Waals surface area contributed by atoms with E-state index in [0.717, 1.165) is 5.56 Å². The number of aliphatic hydroxyl groups is 3. The van der Waals surface area contributed by atoms with Crippen LogP contribution in [-0.2, 0) is 23.8 Å². The van der Waals surface area contributed by atoms with Crippen molar-refractivity contribution < 1.29 is 37.4 Å². The summed E-state index contributed by atoms with van der Waals surface area (Å²) in [4.78, 5) is -0.0385. The number of hydrogen-bond acceptors (Lipinski definition) is 8. The standard InChI is InChI=1S/C16H22O8S/c1-3-8-22-16-15(19)14(18)13(17)12(24-16)9-23-25(20,21)11-6-4-10(2)5-7-11/h3-7,12-19H,1,8-9H2,2H3. The first kappa shape index (κ1) is 20.0. The molecule has 5 unspecified atom stereocenters. The molecule has 1 aromatic rings. The molecular formula is C16H22O8S. The fourth-order valence-electron chi connectivity index (χ4n) is 2.28. The summed E-state index contributed by atoms with van der Waals surface area (Å²) in [6, 6.07) is 6.05. The Morgan fingerprint density at radius 2 is 1.80 bits per heavy atom. The van der Waals surface area contributed by atoms with E-state index in [4.69, 9.17) is 13.7 Å². The second-order valence-corrected chi connectivity index (χ2v) is 7.30. The zero-order valence-electron chi connectivity index (χ0n) is 13.7. The lowest BCUT2D eigenvalue weighted by Crippen LogP contribution is -2.59. The average molecular weight is 374 g/mol. The normalized spacial score (nSPS) is 30.2. The molecule has 0 saturated carbocycles. The molecule has 9 heteroatoms. The Morgan fingerprint density at radius 1 is 1.16 bits per heavy atom. The van der Waals surface area contributed by atoms with Crippen LogP contribution in [0.15, 0.2) is 41.8 Å². The smallest absolute Gasteiger partial charge is 0.297 e. The van der Waals surface area contributed by atoms with E-state index in [-0.39, 0.29) is 11.5 Å². The monoisotopic (exact) mass is 374 g/mol. The maximum absolute atomic E-state index is 12.2. The van der Waals surface area contributed by atoms with E-state index in [1.165, 1.54) is 18.2 Å². The minimum atomic E-state index is -4.06. The summed E-state index contributed by atoms with van der Waals surface area (Å²) in [5.74, 6) is 0. The van der Waals surface area contributed by atoms with Gasteiger partial charge in [0, 0.05) is 0 Å². The molecule has 0 radical (unpaired) electrons. The lowest BCUT2D eigenvalue weighted by atomic mass is 9.99. The van der Waals surface area contributed by atoms with Crippen LogP contribution in [0.3, 0.4) is 0 Å². The van der Waals surface area contributed by atoms with Crippen molar-refractivity contribution in [3.8, 4) is 0 Å². The van der Waals surface area contributed by atoms with Gasteiger partial charge in [0.15, 0.2) is 6.29 Å². The molecule has 0 spiro atoms. The van der Waals surface area contributed by atoms with Crippen LogP contribution in [0.1, 0.15) is 5.56 Å². The third kappa shape index (κ3) is 4.85. The molecule has 0 aliphatic carbocycles.